The monoisotopic (exact) mass is 367 g/mol. The number of nitrogens with zero attached hydrogens (tertiary/aromatic N) is 2. The Balaban J connectivity index is 1.86. The molecule has 3 aromatic rings. The number of carbonyl (C=O) groups excluding carboxylic acids is 1. The highest BCUT2D eigenvalue weighted by Crippen LogP contribution is 2.28. The Morgan fingerprint density at radius 3 is 2.62 bits per heavy atom. The number of rotatable bonds is 5. The van der Waals surface area contributed by atoms with Gasteiger partial charge in [-0.25, -0.2) is 0 Å². The number of Topliss-reactive ketones (excluding diaryl/α,β-unsaturated/α-hetero) is 1. The smallest absolute Gasteiger partial charge is 0.208 e. The topological polar surface area (TPSA) is 92.1 Å². The highest BCUT2D eigenvalue weighted by atomic mass is 35.5. The van der Waals surface area contributed by atoms with Crippen LogP contribution in [0.1, 0.15) is 21.9 Å². The van der Waals surface area contributed by atoms with E-state index in [1.807, 2.05) is 6.07 Å². The standard InChI is InChI=1S/C19H14ClN3O3/c1-11-7-18(23-26-11)22-10-14(9-21)19(24)16-8-17(25-12(16)2)13-3-5-15(20)6-4-13/h3-8,10H,1-2H3,(H,22,23). The third kappa shape index (κ3) is 3.68. The summed E-state index contributed by atoms with van der Waals surface area (Å²) in [6.07, 6.45) is 1.30. The van der Waals surface area contributed by atoms with Crippen molar-refractivity contribution in [2.75, 3.05) is 5.32 Å². The first-order valence-electron chi connectivity index (χ1n) is 7.69. The average Bonchev–Trinajstić information content (AvgIpc) is 3.21. The highest BCUT2D eigenvalue weighted by Gasteiger charge is 2.19. The zero-order valence-corrected chi connectivity index (χ0v) is 14.8. The van der Waals surface area contributed by atoms with Crippen molar-refractivity contribution in [3.63, 3.8) is 0 Å². The van der Waals surface area contributed by atoms with Crippen LogP contribution in [0.2, 0.25) is 5.02 Å². The highest BCUT2D eigenvalue weighted by molar-refractivity contribution is 6.30. The molecule has 0 spiro atoms. The van der Waals surface area contributed by atoms with E-state index >= 15 is 0 Å². The minimum Gasteiger partial charge on any atom is -0.461 e. The van der Waals surface area contributed by atoms with E-state index in [9.17, 15) is 10.1 Å². The van der Waals surface area contributed by atoms with Crippen LogP contribution in [0.4, 0.5) is 5.82 Å². The molecule has 0 bridgehead atoms. The fourth-order valence-corrected chi connectivity index (χ4v) is 2.46. The van der Waals surface area contributed by atoms with Crippen LogP contribution in [0, 0.1) is 25.2 Å². The van der Waals surface area contributed by atoms with Gasteiger partial charge in [0.05, 0.1) is 5.56 Å². The molecule has 2 heterocycles. The van der Waals surface area contributed by atoms with Crippen LogP contribution in [0.3, 0.4) is 0 Å². The number of hydrogen-bond donors (Lipinski definition) is 1. The van der Waals surface area contributed by atoms with Crippen molar-refractivity contribution in [2.24, 2.45) is 0 Å². The van der Waals surface area contributed by atoms with Crippen molar-refractivity contribution in [3.05, 3.63) is 70.3 Å². The lowest BCUT2D eigenvalue weighted by Crippen LogP contribution is -2.04. The van der Waals surface area contributed by atoms with Gasteiger partial charge in [-0.15, -0.1) is 0 Å². The zero-order chi connectivity index (χ0) is 18.7. The lowest BCUT2D eigenvalue weighted by molar-refractivity contribution is 0.103. The summed E-state index contributed by atoms with van der Waals surface area (Å²) in [5, 5.41) is 16.4. The molecule has 1 N–H and O–H groups in total. The summed E-state index contributed by atoms with van der Waals surface area (Å²) >= 11 is 5.89. The summed E-state index contributed by atoms with van der Waals surface area (Å²) in [6.45, 7) is 3.42. The lowest BCUT2D eigenvalue weighted by Gasteiger charge is -1.98. The quantitative estimate of drug-likeness (QED) is 0.391. The van der Waals surface area contributed by atoms with Crippen molar-refractivity contribution in [1.29, 1.82) is 5.26 Å². The molecular weight excluding hydrogens is 354 g/mol. The first kappa shape index (κ1) is 17.5. The van der Waals surface area contributed by atoms with Crippen molar-refractivity contribution in [3.8, 4) is 17.4 Å². The largest absolute Gasteiger partial charge is 0.461 e. The molecule has 0 unspecified atom stereocenters. The predicted octanol–water partition coefficient (Wildman–Crippen LogP) is 4.91. The van der Waals surface area contributed by atoms with Gasteiger partial charge in [0.25, 0.3) is 0 Å². The number of aryl methyl sites for hydroxylation is 2. The van der Waals surface area contributed by atoms with Crippen LogP contribution in [-0.2, 0) is 0 Å². The molecule has 0 atom stereocenters. The number of halogens is 1. The number of allylic oxidation sites excluding steroid dienone is 1. The number of furan rings is 1. The summed E-state index contributed by atoms with van der Waals surface area (Å²) in [6, 6.07) is 12.2. The molecule has 26 heavy (non-hydrogen) atoms. The van der Waals surface area contributed by atoms with Crippen LogP contribution >= 0.6 is 11.6 Å². The first-order chi connectivity index (χ1) is 12.5. The van der Waals surface area contributed by atoms with Crippen LogP contribution in [0.15, 0.2) is 57.1 Å². The maximum Gasteiger partial charge on any atom is 0.208 e. The third-order valence-electron chi connectivity index (χ3n) is 3.65. The molecule has 0 aliphatic heterocycles. The van der Waals surface area contributed by atoms with Gasteiger partial charge < -0.3 is 14.3 Å². The maximum atomic E-state index is 12.7. The van der Waals surface area contributed by atoms with E-state index in [1.54, 1.807) is 50.2 Å². The molecule has 6 nitrogen and oxygen atoms in total. The summed E-state index contributed by atoms with van der Waals surface area (Å²) in [5.41, 5.74) is 1.04. The number of nitriles is 1. The van der Waals surface area contributed by atoms with Crippen molar-refractivity contribution < 1.29 is 13.7 Å². The molecule has 1 aromatic carbocycles. The normalized spacial score (nSPS) is 11.2. The van der Waals surface area contributed by atoms with Gasteiger partial charge in [0.1, 0.15) is 28.9 Å². The minimum absolute atomic E-state index is 0.0720. The Morgan fingerprint density at radius 2 is 2.00 bits per heavy atom. The van der Waals surface area contributed by atoms with Gasteiger partial charge in [0, 0.05) is 22.9 Å². The number of nitrogens with one attached hydrogen (secondary N) is 1. The summed E-state index contributed by atoms with van der Waals surface area (Å²) in [4.78, 5) is 12.7. The second kappa shape index (κ2) is 7.30. The molecule has 2 aromatic heterocycles. The Hall–Kier alpha value is -3.30. The van der Waals surface area contributed by atoms with Gasteiger partial charge >= 0.3 is 0 Å². The SMILES string of the molecule is Cc1cc(NC=C(C#N)C(=O)c2cc(-c3ccc(Cl)cc3)oc2C)no1. The minimum atomic E-state index is -0.443. The maximum absolute atomic E-state index is 12.7. The van der Waals surface area contributed by atoms with Crippen LogP contribution in [-0.4, -0.2) is 10.9 Å². The fourth-order valence-electron chi connectivity index (χ4n) is 2.34. The number of anilines is 1. The molecular formula is C19H14ClN3O3. The molecule has 0 fully saturated rings. The van der Waals surface area contributed by atoms with Gasteiger partial charge in [0.15, 0.2) is 5.82 Å². The van der Waals surface area contributed by atoms with E-state index in [-0.39, 0.29) is 5.57 Å². The van der Waals surface area contributed by atoms with Crippen LogP contribution < -0.4 is 5.32 Å². The second-order valence-corrected chi connectivity index (χ2v) is 5.99. The average molecular weight is 368 g/mol. The summed E-state index contributed by atoms with van der Waals surface area (Å²) < 4.78 is 10.6. The molecule has 0 saturated carbocycles. The fraction of sp³-hybridized carbons (Fsp3) is 0.105. The number of benzene rings is 1. The summed E-state index contributed by atoms with van der Waals surface area (Å²) in [5.74, 6) is 1.54. The van der Waals surface area contributed by atoms with Gasteiger partial charge in [-0.1, -0.05) is 16.8 Å². The number of carbonyl (C=O) groups is 1. The van der Waals surface area contributed by atoms with E-state index in [0.29, 0.717) is 33.7 Å². The van der Waals surface area contributed by atoms with E-state index in [0.717, 1.165) is 5.56 Å². The Morgan fingerprint density at radius 1 is 1.27 bits per heavy atom. The van der Waals surface area contributed by atoms with Crippen molar-refractivity contribution >= 4 is 23.2 Å². The van der Waals surface area contributed by atoms with E-state index in [4.69, 9.17) is 20.5 Å². The number of ketones is 1. The molecule has 0 aliphatic carbocycles. The van der Waals surface area contributed by atoms with Crippen LogP contribution in [0.25, 0.3) is 11.3 Å². The molecule has 0 amide bonds. The predicted molar refractivity (Wildman–Crippen MR) is 96.8 cm³/mol. The van der Waals surface area contributed by atoms with Gasteiger partial charge in [-0.2, -0.15) is 5.26 Å². The molecule has 3 rings (SSSR count). The Bertz CT molecular complexity index is 1020. The van der Waals surface area contributed by atoms with Crippen molar-refractivity contribution in [2.45, 2.75) is 13.8 Å². The zero-order valence-electron chi connectivity index (χ0n) is 14.0. The van der Waals surface area contributed by atoms with Gasteiger partial charge in [-0.05, 0) is 44.2 Å². The molecule has 0 saturated heterocycles. The van der Waals surface area contributed by atoms with Crippen LogP contribution in [0.5, 0.6) is 0 Å². The lowest BCUT2D eigenvalue weighted by atomic mass is 10.0. The molecule has 7 heteroatoms. The third-order valence-corrected chi connectivity index (χ3v) is 3.90. The molecule has 0 radical (unpaired) electrons. The molecule has 130 valence electrons. The summed E-state index contributed by atoms with van der Waals surface area (Å²) in [7, 11) is 0. The van der Waals surface area contributed by atoms with E-state index in [2.05, 4.69) is 10.5 Å². The Labute approximate surface area is 154 Å². The molecule has 0 aliphatic rings. The van der Waals surface area contributed by atoms with E-state index < -0.39 is 5.78 Å². The second-order valence-electron chi connectivity index (χ2n) is 5.55. The number of hydrogen-bond acceptors (Lipinski definition) is 6. The first-order valence-corrected chi connectivity index (χ1v) is 8.07. The van der Waals surface area contributed by atoms with Gasteiger partial charge in [-0.3, -0.25) is 4.79 Å². The van der Waals surface area contributed by atoms with Crippen molar-refractivity contribution in [1.82, 2.24) is 5.16 Å². The van der Waals surface area contributed by atoms with Gasteiger partial charge in [0.2, 0.25) is 5.78 Å². The Kier molecular flexibility index (Phi) is 4.92. The van der Waals surface area contributed by atoms with E-state index in [1.165, 1.54) is 6.20 Å². The number of aromatic nitrogens is 1.